The molecule has 0 spiro atoms. The molecular formula is C13H15FN4O2. The fourth-order valence-electron chi connectivity index (χ4n) is 1.89. The van der Waals surface area contributed by atoms with E-state index >= 15 is 0 Å². The molecule has 2 aromatic heterocycles. The van der Waals surface area contributed by atoms with Crippen molar-refractivity contribution in [3.8, 4) is 5.82 Å². The second kappa shape index (κ2) is 4.92. The first-order valence-electron chi connectivity index (χ1n) is 5.99. The molecule has 0 aromatic carbocycles. The molecule has 0 saturated heterocycles. The van der Waals surface area contributed by atoms with Gasteiger partial charge in [0.15, 0.2) is 11.6 Å². The summed E-state index contributed by atoms with van der Waals surface area (Å²) in [6, 6.07) is 2.79. The van der Waals surface area contributed by atoms with Crippen molar-refractivity contribution in [2.24, 2.45) is 0 Å². The second-order valence-electron chi connectivity index (χ2n) is 5.24. The van der Waals surface area contributed by atoms with Crippen LogP contribution in [0.5, 0.6) is 0 Å². The van der Waals surface area contributed by atoms with Crippen LogP contribution in [0.3, 0.4) is 0 Å². The molecule has 0 aliphatic carbocycles. The highest BCUT2D eigenvalue weighted by molar-refractivity contribution is 5.87. The molecule has 2 aromatic rings. The van der Waals surface area contributed by atoms with Crippen molar-refractivity contribution in [3.05, 3.63) is 36.5 Å². The largest absolute Gasteiger partial charge is 0.465 e. The van der Waals surface area contributed by atoms with Crippen LogP contribution in [0.4, 0.5) is 14.9 Å². The van der Waals surface area contributed by atoms with Gasteiger partial charge >= 0.3 is 6.09 Å². The normalized spacial score (nSPS) is 11.4. The molecule has 0 aliphatic rings. The average Bonchev–Trinajstić information content (AvgIpc) is 2.79. The van der Waals surface area contributed by atoms with E-state index in [0.29, 0.717) is 0 Å². The first-order valence-corrected chi connectivity index (χ1v) is 5.99. The summed E-state index contributed by atoms with van der Waals surface area (Å²) in [5.74, 6) is -0.611. The van der Waals surface area contributed by atoms with Gasteiger partial charge in [-0.3, -0.25) is 4.90 Å². The van der Waals surface area contributed by atoms with Crippen molar-refractivity contribution in [1.29, 1.82) is 0 Å². The van der Waals surface area contributed by atoms with Gasteiger partial charge in [0.05, 0.1) is 11.9 Å². The number of aromatic nitrogens is 3. The maximum Gasteiger partial charge on any atom is 0.412 e. The Kier molecular flexibility index (Phi) is 3.44. The minimum atomic E-state index is -1.16. The lowest BCUT2D eigenvalue weighted by molar-refractivity contribution is 0.195. The molecule has 0 saturated carbocycles. The summed E-state index contributed by atoms with van der Waals surface area (Å²) in [4.78, 5) is 16.4. The number of hydrogen-bond acceptors (Lipinski definition) is 3. The van der Waals surface area contributed by atoms with Gasteiger partial charge in [0, 0.05) is 24.0 Å². The summed E-state index contributed by atoms with van der Waals surface area (Å²) in [6.07, 6.45) is 3.22. The summed E-state index contributed by atoms with van der Waals surface area (Å²) in [5.41, 5.74) is -0.522. The van der Waals surface area contributed by atoms with E-state index in [4.69, 9.17) is 0 Å². The molecule has 0 radical (unpaired) electrons. The van der Waals surface area contributed by atoms with Crippen LogP contribution in [-0.2, 0) is 0 Å². The third-order valence-corrected chi connectivity index (χ3v) is 2.65. The molecule has 20 heavy (non-hydrogen) atoms. The number of nitrogens with zero attached hydrogens (tertiary/aromatic N) is 4. The zero-order valence-electron chi connectivity index (χ0n) is 11.4. The monoisotopic (exact) mass is 278 g/mol. The van der Waals surface area contributed by atoms with Crippen molar-refractivity contribution in [2.75, 3.05) is 4.90 Å². The Bertz CT molecular complexity index is 620. The van der Waals surface area contributed by atoms with E-state index < -0.39 is 17.4 Å². The Morgan fingerprint density at radius 1 is 1.45 bits per heavy atom. The molecule has 0 unspecified atom stereocenters. The van der Waals surface area contributed by atoms with Crippen LogP contribution in [0.25, 0.3) is 5.82 Å². The maximum absolute atomic E-state index is 14.1. The fourth-order valence-corrected chi connectivity index (χ4v) is 1.89. The van der Waals surface area contributed by atoms with Gasteiger partial charge in [-0.25, -0.2) is 18.9 Å². The molecule has 0 aliphatic heterocycles. The Morgan fingerprint density at radius 2 is 2.15 bits per heavy atom. The number of rotatable bonds is 2. The fraction of sp³-hybridized carbons (Fsp3) is 0.308. The van der Waals surface area contributed by atoms with Crippen LogP contribution in [0.2, 0.25) is 0 Å². The summed E-state index contributed by atoms with van der Waals surface area (Å²) in [7, 11) is 0. The van der Waals surface area contributed by atoms with E-state index in [0.717, 1.165) is 11.0 Å². The van der Waals surface area contributed by atoms with Crippen LogP contribution in [0, 0.1) is 5.82 Å². The first kappa shape index (κ1) is 14.0. The number of carbonyl (C=O) groups is 1. The number of halogens is 1. The molecule has 0 atom stereocenters. The van der Waals surface area contributed by atoms with E-state index in [1.54, 1.807) is 33.0 Å². The molecular weight excluding hydrogens is 263 g/mol. The third-order valence-electron chi connectivity index (χ3n) is 2.65. The topological polar surface area (TPSA) is 71.2 Å². The van der Waals surface area contributed by atoms with E-state index in [-0.39, 0.29) is 11.5 Å². The van der Waals surface area contributed by atoms with Gasteiger partial charge in [-0.05, 0) is 26.8 Å². The molecule has 1 N–H and O–H groups in total. The second-order valence-corrected chi connectivity index (χ2v) is 5.24. The van der Waals surface area contributed by atoms with Gasteiger partial charge in [0.1, 0.15) is 0 Å². The third kappa shape index (κ3) is 2.61. The minimum Gasteiger partial charge on any atom is -0.465 e. The summed E-state index contributed by atoms with van der Waals surface area (Å²) in [5, 5.41) is 13.2. The number of hydrogen-bond donors (Lipinski definition) is 1. The van der Waals surface area contributed by atoms with Gasteiger partial charge < -0.3 is 5.11 Å². The van der Waals surface area contributed by atoms with E-state index in [1.807, 2.05) is 0 Å². The standard InChI is InChI=1S/C13H15FN4O2/c1-13(2,3)18(12(19)20)9-7-10(14)11(15-8-9)17-6-4-5-16-17/h4-8H,1-3H3,(H,19,20). The van der Waals surface area contributed by atoms with Gasteiger partial charge in [0.2, 0.25) is 0 Å². The summed E-state index contributed by atoms with van der Waals surface area (Å²) >= 11 is 0. The Morgan fingerprint density at radius 3 is 2.60 bits per heavy atom. The molecule has 0 fully saturated rings. The molecule has 2 rings (SSSR count). The van der Waals surface area contributed by atoms with Crippen LogP contribution in [0.1, 0.15) is 20.8 Å². The highest BCUT2D eigenvalue weighted by Gasteiger charge is 2.28. The number of amides is 1. The van der Waals surface area contributed by atoms with Gasteiger partial charge in [0.25, 0.3) is 0 Å². The van der Waals surface area contributed by atoms with Crippen molar-refractivity contribution < 1.29 is 14.3 Å². The maximum atomic E-state index is 14.1. The van der Waals surface area contributed by atoms with Crippen LogP contribution in [-0.4, -0.2) is 31.5 Å². The average molecular weight is 278 g/mol. The SMILES string of the molecule is CC(C)(C)N(C(=O)O)c1cnc(-n2cccn2)c(F)c1. The van der Waals surface area contributed by atoms with Gasteiger partial charge in [-0.15, -0.1) is 0 Å². The number of pyridine rings is 1. The van der Waals surface area contributed by atoms with Crippen molar-refractivity contribution in [1.82, 2.24) is 14.8 Å². The Hall–Kier alpha value is -2.44. The van der Waals surface area contributed by atoms with Crippen LogP contribution >= 0.6 is 0 Å². The Balaban J connectivity index is 2.45. The van der Waals surface area contributed by atoms with E-state index in [2.05, 4.69) is 10.1 Å². The summed E-state index contributed by atoms with van der Waals surface area (Å²) < 4.78 is 15.4. The van der Waals surface area contributed by atoms with Gasteiger partial charge in [-0.2, -0.15) is 5.10 Å². The highest BCUT2D eigenvalue weighted by Crippen LogP contribution is 2.25. The van der Waals surface area contributed by atoms with Crippen LogP contribution in [0.15, 0.2) is 30.7 Å². The predicted octanol–water partition coefficient (Wildman–Crippen LogP) is 2.69. The lowest BCUT2D eigenvalue weighted by atomic mass is 10.1. The lowest BCUT2D eigenvalue weighted by Crippen LogP contribution is -2.45. The Labute approximate surface area is 115 Å². The van der Waals surface area contributed by atoms with Gasteiger partial charge in [-0.1, -0.05) is 0 Å². The highest BCUT2D eigenvalue weighted by atomic mass is 19.1. The molecule has 2 heterocycles. The molecule has 7 heteroatoms. The summed E-state index contributed by atoms with van der Waals surface area (Å²) in [6.45, 7) is 5.17. The van der Waals surface area contributed by atoms with Crippen LogP contribution < -0.4 is 4.90 Å². The zero-order chi connectivity index (χ0) is 14.9. The number of anilines is 1. The van der Waals surface area contributed by atoms with Crippen molar-refractivity contribution in [3.63, 3.8) is 0 Å². The van der Waals surface area contributed by atoms with Crippen molar-refractivity contribution in [2.45, 2.75) is 26.3 Å². The lowest BCUT2D eigenvalue weighted by Gasteiger charge is -2.32. The smallest absolute Gasteiger partial charge is 0.412 e. The number of carboxylic acid groups (broad SMARTS) is 1. The molecule has 6 nitrogen and oxygen atoms in total. The first-order chi connectivity index (χ1) is 9.30. The molecule has 0 bridgehead atoms. The molecule has 106 valence electrons. The zero-order valence-corrected chi connectivity index (χ0v) is 11.4. The van der Waals surface area contributed by atoms with E-state index in [1.165, 1.54) is 17.1 Å². The van der Waals surface area contributed by atoms with E-state index in [9.17, 15) is 14.3 Å². The predicted molar refractivity (Wildman–Crippen MR) is 71.6 cm³/mol. The quantitative estimate of drug-likeness (QED) is 0.916. The molecule has 1 amide bonds. The minimum absolute atomic E-state index is 0.0259. The van der Waals surface area contributed by atoms with Crippen molar-refractivity contribution >= 4 is 11.8 Å².